The summed E-state index contributed by atoms with van der Waals surface area (Å²) < 4.78 is 0. The molecule has 0 spiro atoms. The highest BCUT2D eigenvalue weighted by molar-refractivity contribution is 5.14. The highest BCUT2D eigenvalue weighted by Gasteiger charge is 2.17. The Morgan fingerprint density at radius 2 is 1.82 bits per heavy atom. The molecule has 0 heterocycles. The van der Waals surface area contributed by atoms with Crippen LogP contribution in [-0.4, -0.2) is 31.1 Å². The van der Waals surface area contributed by atoms with Gasteiger partial charge in [0, 0.05) is 19.1 Å². The molecule has 1 aromatic carbocycles. The minimum absolute atomic E-state index is 0.593. The van der Waals surface area contributed by atoms with Crippen LogP contribution in [-0.2, 0) is 6.54 Å². The van der Waals surface area contributed by atoms with Crippen molar-refractivity contribution in [3.8, 4) is 0 Å². The van der Waals surface area contributed by atoms with Crippen molar-refractivity contribution in [2.24, 2.45) is 5.92 Å². The SMILES string of the molecule is CCNCC(C(C)C)N(C)Cc1ccccc1. The van der Waals surface area contributed by atoms with Crippen molar-refractivity contribution in [2.45, 2.75) is 33.4 Å². The standard InChI is InChI=1S/C15H26N2/c1-5-16-11-15(13(2)3)17(4)12-14-9-7-6-8-10-14/h6-10,13,15-16H,5,11-12H2,1-4H3. The Hall–Kier alpha value is -0.860. The van der Waals surface area contributed by atoms with Crippen LogP contribution in [0.25, 0.3) is 0 Å². The average Bonchev–Trinajstić information content (AvgIpc) is 2.30. The van der Waals surface area contributed by atoms with Gasteiger partial charge in [0.05, 0.1) is 0 Å². The predicted octanol–water partition coefficient (Wildman–Crippen LogP) is 2.75. The maximum absolute atomic E-state index is 3.45. The first-order chi connectivity index (χ1) is 8.15. The molecule has 2 nitrogen and oxygen atoms in total. The summed E-state index contributed by atoms with van der Waals surface area (Å²) >= 11 is 0. The van der Waals surface area contributed by atoms with Gasteiger partial charge in [-0.25, -0.2) is 0 Å². The lowest BCUT2D eigenvalue weighted by Gasteiger charge is -2.31. The van der Waals surface area contributed by atoms with Gasteiger partial charge >= 0.3 is 0 Å². The van der Waals surface area contributed by atoms with Crippen molar-refractivity contribution in [1.82, 2.24) is 10.2 Å². The molecule has 0 fully saturated rings. The molecule has 0 aliphatic heterocycles. The monoisotopic (exact) mass is 234 g/mol. The third-order valence-corrected chi connectivity index (χ3v) is 3.21. The smallest absolute Gasteiger partial charge is 0.0244 e. The van der Waals surface area contributed by atoms with Crippen molar-refractivity contribution in [3.63, 3.8) is 0 Å². The van der Waals surface area contributed by atoms with Crippen LogP contribution in [0.3, 0.4) is 0 Å². The fraction of sp³-hybridized carbons (Fsp3) is 0.600. The molecule has 2 heteroatoms. The van der Waals surface area contributed by atoms with Gasteiger partial charge in [-0.2, -0.15) is 0 Å². The van der Waals surface area contributed by atoms with Crippen LogP contribution in [0.1, 0.15) is 26.3 Å². The van der Waals surface area contributed by atoms with Crippen LogP contribution in [0.2, 0.25) is 0 Å². The van der Waals surface area contributed by atoms with Crippen molar-refractivity contribution in [2.75, 3.05) is 20.1 Å². The van der Waals surface area contributed by atoms with Gasteiger partial charge in [-0.05, 0) is 25.1 Å². The summed E-state index contributed by atoms with van der Waals surface area (Å²) in [6.07, 6.45) is 0. The van der Waals surface area contributed by atoms with Crippen LogP contribution >= 0.6 is 0 Å². The van der Waals surface area contributed by atoms with Crippen molar-refractivity contribution >= 4 is 0 Å². The zero-order chi connectivity index (χ0) is 12.7. The van der Waals surface area contributed by atoms with E-state index >= 15 is 0 Å². The molecule has 0 bridgehead atoms. The van der Waals surface area contributed by atoms with Gasteiger partial charge in [-0.15, -0.1) is 0 Å². The Morgan fingerprint density at radius 1 is 1.18 bits per heavy atom. The Bertz CT molecular complexity index is 295. The molecular formula is C15H26N2. The molecule has 1 aromatic rings. The average molecular weight is 234 g/mol. The maximum Gasteiger partial charge on any atom is 0.0244 e. The van der Waals surface area contributed by atoms with Crippen molar-refractivity contribution < 1.29 is 0 Å². The molecular weight excluding hydrogens is 208 g/mol. The number of likely N-dealkylation sites (N-methyl/N-ethyl adjacent to an activating group) is 2. The van der Waals surface area contributed by atoms with E-state index < -0.39 is 0 Å². The van der Waals surface area contributed by atoms with E-state index in [2.05, 4.69) is 68.4 Å². The molecule has 0 amide bonds. The summed E-state index contributed by atoms with van der Waals surface area (Å²) in [5.41, 5.74) is 1.39. The molecule has 0 saturated heterocycles. The van der Waals surface area contributed by atoms with Crippen LogP contribution < -0.4 is 5.32 Å². The number of benzene rings is 1. The first-order valence-corrected chi connectivity index (χ1v) is 6.60. The Labute approximate surface area is 106 Å². The third kappa shape index (κ3) is 4.88. The number of rotatable bonds is 7. The molecule has 96 valence electrons. The second-order valence-electron chi connectivity index (χ2n) is 5.02. The summed E-state index contributed by atoms with van der Waals surface area (Å²) in [5.74, 6) is 0.669. The zero-order valence-electron chi connectivity index (χ0n) is 11.6. The lowest BCUT2D eigenvalue weighted by molar-refractivity contribution is 0.180. The van der Waals surface area contributed by atoms with E-state index in [0.717, 1.165) is 19.6 Å². The molecule has 0 saturated carbocycles. The van der Waals surface area contributed by atoms with Crippen LogP contribution in [0, 0.1) is 5.92 Å². The Kier molecular flexibility index (Phi) is 6.23. The van der Waals surface area contributed by atoms with Crippen LogP contribution in [0.5, 0.6) is 0 Å². The fourth-order valence-electron chi connectivity index (χ4n) is 2.18. The van der Waals surface area contributed by atoms with Gasteiger partial charge in [-0.1, -0.05) is 51.1 Å². The van der Waals surface area contributed by atoms with Gasteiger partial charge in [-0.3, -0.25) is 4.90 Å². The summed E-state index contributed by atoms with van der Waals surface area (Å²) in [6, 6.07) is 11.3. The van der Waals surface area contributed by atoms with E-state index in [0.29, 0.717) is 12.0 Å². The minimum atomic E-state index is 0.593. The quantitative estimate of drug-likeness (QED) is 0.780. The fourth-order valence-corrected chi connectivity index (χ4v) is 2.18. The van der Waals surface area contributed by atoms with E-state index in [9.17, 15) is 0 Å². The molecule has 0 radical (unpaired) electrons. The van der Waals surface area contributed by atoms with Gasteiger partial charge < -0.3 is 5.32 Å². The molecule has 0 aliphatic rings. The lowest BCUT2D eigenvalue weighted by atomic mass is 10.0. The van der Waals surface area contributed by atoms with Gasteiger partial charge in [0.15, 0.2) is 0 Å². The molecule has 0 aromatic heterocycles. The normalized spacial score (nSPS) is 13.3. The second kappa shape index (κ2) is 7.46. The number of nitrogens with one attached hydrogen (secondary N) is 1. The minimum Gasteiger partial charge on any atom is -0.315 e. The lowest BCUT2D eigenvalue weighted by Crippen LogP contribution is -2.43. The van der Waals surface area contributed by atoms with E-state index in [1.54, 1.807) is 0 Å². The Balaban J connectivity index is 2.55. The first-order valence-electron chi connectivity index (χ1n) is 6.60. The van der Waals surface area contributed by atoms with Crippen LogP contribution in [0.4, 0.5) is 0 Å². The van der Waals surface area contributed by atoms with Gasteiger partial charge in [0.25, 0.3) is 0 Å². The predicted molar refractivity (Wildman–Crippen MR) is 75.1 cm³/mol. The highest BCUT2D eigenvalue weighted by atomic mass is 15.1. The Morgan fingerprint density at radius 3 is 2.35 bits per heavy atom. The van der Waals surface area contributed by atoms with E-state index in [1.807, 2.05) is 0 Å². The number of hydrogen-bond acceptors (Lipinski definition) is 2. The van der Waals surface area contributed by atoms with E-state index in [-0.39, 0.29) is 0 Å². The summed E-state index contributed by atoms with van der Waals surface area (Å²) in [7, 11) is 2.22. The highest BCUT2D eigenvalue weighted by Crippen LogP contribution is 2.12. The first kappa shape index (κ1) is 14.2. The molecule has 1 unspecified atom stereocenters. The maximum atomic E-state index is 3.45. The van der Waals surface area contributed by atoms with E-state index in [1.165, 1.54) is 5.56 Å². The van der Waals surface area contributed by atoms with Crippen LogP contribution in [0.15, 0.2) is 30.3 Å². The van der Waals surface area contributed by atoms with Gasteiger partial charge in [0.1, 0.15) is 0 Å². The number of hydrogen-bond donors (Lipinski definition) is 1. The molecule has 1 N–H and O–H groups in total. The molecule has 1 rings (SSSR count). The molecule has 0 aliphatic carbocycles. The van der Waals surface area contributed by atoms with Crippen molar-refractivity contribution in [3.05, 3.63) is 35.9 Å². The van der Waals surface area contributed by atoms with E-state index in [4.69, 9.17) is 0 Å². The third-order valence-electron chi connectivity index (χ3n) is 3.21. The molecule has 17 heavy (non-hydrogen) atoms. The topological polar surface area (TPSA) is 15.3 Å². The summed E-state index contributed by atoms with van der Waals surface area (Å²) in [4.78, 5) is 2.45. The largest absolute Gasteiger partial charge is 0.315 e. The number of nitrogens with zero attached hydrogens (tertiary/aromatic N) is 1. The molecule has 1 atom stereocenters. The summed E-state index contributed by atoms with van der Waals surface area (Å²) in [6.45, 7) is 9.89. The zero-order valence-corrected chi connectivity index (χ0v) is 11.6. The van der Waals surface area contributed by atoms with Crippen molar-refractivity contribution in [1.29, 1.82) is 0 Å². The summed E-state index contributed by atoms with van der Waals surface area (Å²) in [5, 5.41) is 3.45. The second-order valence-corrected chi connectivity index (χ2v) is 5.02. The van der Waals surface area contributed by atoms with Gasteiger partial charge in [0.2, 0.25) is 0 Å².